The minimum Gasteiger partial charge on any atom is -0.353 e. The van der Waals surface area contributed by atoms with Gasteiger partial charge in [0.25, 0.3) is 5.91 Å². The number of carbonyl (C=O) groups is 2. The summed E-state index contributed by atoms with van der Waals surface area (Å²) in [6, 6.07) is 11.0. The molecule has 2 N–H and O–H groups in total. The first-order valence-electron chi connectivity index (χ1n) is 11.2. The third kappa shape index (κ3) is 4.63. The lowest BCUT2D eigenvalue weighted by Gasteiger charge is -2.28. The minimum absolute atomic E-state index is 0.0223. The number of amides is 1. The normalized spacial score (nSPS) is 13.6. The molecule has 1 aliphatic rings. The van der Waals surface area contributed by atoms with Crippen LogP contribution in [0.5, 0.6) is 0 Å². The Morgan fingerprint density at radius 3 is 2.36 bits per heavy atom. The van der Waals surface area contributed by atoms with E-state index in [1.807, 2.05) is 0 Å². The van der Waals surface area contributed by atoms with E-state index in [9.17, 15) is 18.4 Å². The number of aromatic nitrogens is 2. The van der Waals surface area contributed by atoms with Crippen molar-refractivity contribution in [2.24, 2.45) is 0 Å². The van der Waals surface area contributed by atoms with Crippen molar-refractivity contribution in [3.63, 3.8) is 0 Å². The van der Waals surface area contributed by atoms with Gasteiger partial charge in [-0.3, -0.25) is 14.6 Å². The summed E-state index contributed by atoms with van der Waals surface area (Å²) in [6.07, 6.45) is 1.65. The minimum atomic E-state index is -1.21. The molecule has 1 aromatic heterocycles. The van der Waals surface area contributed by atoms with E-state index in [1.54, 1.807) is 12.3 Å². The van der Waals surface area contributed by atoms with Crippen LogP contribution in [0.25, 0.3) is 11.0 Å². The number of hydrogen-bond donors (Lipinski definition) is 2. The van der Waals surface area contributed by atoms with Crippen molar-refractivity contribution in [3.05, 3.63) is 94.9 Å². The van der Waals surface area contributed by atoms with E-state index in [0.29, 0.717) is 16.9 Å². The first-order valence-corrected chi connectivity index (χ1v) is 11.2. The molecule has 1 amide bonds. The van der Waals surface area contributed by atoms with Crippen LogP contribution in [-0.2, 0) is 0 Å². The third-order valence-electron chi connectivity index (χ3n) is 5.91. The van der Waals surface area contributed by atoms with E-state index >= 15 is 4.39 Å². The Labute approximate surface area is 204 Å². The SMILES string of the molecule is O=C(Nc1ccc(F)c(C(=O)c2ccc3ncc(N4CCNCC4)nc3c2)c1F)c1ccc(F)cc1. The fourth-order valence-electron chi connectivity index (χ4n) is 3.99. The van der Waals surface area contributed by atoms with Crippen molar-refractivity contribution in [1.29, 1.82) is 0 Å². The number of benzene rings is 3. The van der Waals surface area contributed by atoms with Crippen LogP contribution in [0, 0.1) is 17.5 Å². The molecule has 2 heterocycles. The maximum atomic E-state index is 15.3. The Morgan fingerprint density at radius 1 is 0.889 bits per heavy atom. The summed E-state index contributed by atoms with van der Waals surface area (Å²) in [7, 11) is 0. The monoisotopic (exact) mass is 491 g/mol. The molecule has 5 rings (SSSR count). The molecule has 10 heteroatoms. The van der Waals surface area contributed by atoms with Crippen LogP contribution in [0.1, 0.15) is 26.3 Å². The number of halogens is 3. The summed E-state index contributed by atoms with van der Waals surface area (Å²) < 4.78 is 43.0. The number of anilines is 2. The summed E-state index contributed by atoms with van der Waals surface area (Å²) in [5, 5.41) is 5.56. The van der Waals surface area contributed by atoms with Gasteiger partial charge in [0.15, 0.2) is 11.6 Å². The Hall–Kier alpha value is -4.31. The topological polar surface area (TPSA) is 87.2 Å². The van der Waals surface area contributed by atoms with Gasteiger partial charge in [-0.1, -0.05) is 0 Å². The smallest absolute Gasteiger partial charge is 0.255 e. The summed E-state index contributed by atoms with van der Waals surface area (Å²) in [5.74, 6) is -3.81. The molecule has 1 saturated heterocycles. The van der Waals surface area contributed by atoms with Gasteiger partial charge in [0.05, 0.1) is 28.5 Å². The number of nitrogens with one attached hydrogen (secondary N) is 2. The van der Waals surface area contributed by atoms with Gasteiger partial charge in [0.2, 0.25) is 0 Å². The van der Waals surface area contributed by atoms with Crippen molar-refractivity contribution in [3.8, 4) is 0 Å². The summed E-state index contributed by atoms with van der Waals surface area (Å²) in [5.41, 5.74) is -0.145. The number of nitrogens with zero attached hydrogens (tertiary/aromatic N) is 3. The van der Waals surface area contributed by atoms with Gasteiger partial charge in [0, 0.05) is 37.3 Å². The maximum Gasteiger partial charge on any atom is 0.255 e. The molecule has 0 saturated carbocycles. The van der Waals surface area contributed by atoms with Crippen molar-refractivity contribution < 1.29 is 22.8 Å². The van der Waals surface area contributed by atoms with Crippen molar-refractivity contribution >= 4 is 34.2 Å². The zero-order chi connectivity index (χ0) is 25.2. The second-order valence-corrected chi connectivity index (χ2v) is 8.24. The average molecular weight is 491 g/mol. The molecule has 0 unspecified atom stereocenters. The Kier molecular flexibility index (Phi) is 6.34. The number of rotatable bonds is 5. The lowest BCUT2D eigenvalue weighted by atomic mass is 10.0. The molecule has 36 heavy (non-hydrogen) atoms. The molecular formula is C26H20F3N5O2. The number of carbonyl (C=O) groups excluding carboxylic acids is 2. The lowest BCUT2D eigenvalue weighted by molar-refractivity contribution is 0.101. The molecule has 1 fully saturated rings. The van der Waals surface area contributed by atoms with Crippen LogP contribution in [0.3, 0.4) is 0 Å². The highest BCUT2D eigenvalue weighted by molar-refractivity contribution is 6.12. The van der Waals surface area contributed by atoms with E-state index < -0.39 is 34.7 Å². The van der Waals surface area contributed by atoms with Crippen LogP contribution in [0.15, 0.2) is 60.8 Å². The summed E-state index contributed by atoms with van der Waals surface area (Å²) in [6.45, 7) is 3.13. The van der Waals surface area contributed by atoms with Crippen molar-refractivity contribution in [2.45, 2.75) is 0 Å². The molecule has 3 aromatic carbocycles. The van der Waals surface area contributed by atoms with Gasteiger partial charge in [0.1, 0.15) is 17.5 Å². The second kappa shape index (κ2) is 9.74. The highest BCUT2D eigenvalue weighted by Crippen LogP contribution is 2.26. The number of ketones is 1. The third-order valence-corrected chi connectivity index (χ3v) is 5.91. The van der Waals surface area contributed by atoms with Gasteiger partial charge >= 0.3 is 0 Å². The first kappa shape index (κ1) is 23.4. The molecular weight excluding hydrogens is 471 g/mol. The van der Waals surface area contributed by atoms with E-state index in [1.165, 1.54) is 24.3 Å². The standard InChI is InChI=1S/C26H20F3N5O2/c27-17-4-1-15(2-5-17)26(36)33-20-8-6-18(28)23(24(20)29)25(35)16-3-7-19-21(13-16)32-22(14-31-19)34-11-9-30-10-12-34/h1-8,13-14,30H,9-12H2,(H,33,36). The van der Waals surface area contributed by atoms with Gasteiger partial charge in [-0.15, -0.1) is 0 Å². The fraction of sp³-hybridized carbons (Fsp3) is 0.154. The average Bonchev–Trinajstić information content (AvgIpc) is 2.90. The molecule has 182 valence electrons. The molecule has 0 atom stereocenters. The van der Waals surface area contributed by atoms with Crippen LogP contribution in [-0.4, -0.2) is 47.8 Å². The Bertz CT molecular complexity index is 1470. The van der Waals surface area contributed by atoms with Crippen LogP contribution in [0.2, 0.25) is 0 Å². The van der Waals surface area contributed by atoms with Crippen LogP contribution < -0.4 is 15.5 Å². The predicted molar refractivity (Wildman–Crippen MR) is 129 cm³/mol. The summed E-state index contributed by atoms with van der Waals surface area (Å²) >= 11 is 0. The zero-order valence-corrected chi connectivity index (χ0v) is 18.9. The Balaban J connectivity index is 1.45. The van der Waals surface area contributed by atoms with Gasteiger partial charge < -0.3 is 15.5 Å². The fourth-order valence-corrected chi connectivity index (χ4v) is 3.99. The Morgan fingerprint density at radius 2 is 1.61 bits per heavy atom. The van der Waals surface area contributed by atoms with Crippen molar-refractivity contribution in [1.82, 2.24) is 15.3 Å². The highest BCUT2D eigenvalue weighted by Gasteiger charge is 2.24. The molecule has 7 nitrogen and oxygen atoms in total. The maximum absolute atomic E-state index is 15.3. The van der Waals surface area contributed by atoms with Crippen LogP contribution >= 0.6 is 0 Å². The van der Waals surface area contributed by atoms with E-state index in [-0.39, 0.29) is 16.8 Å². The summed E-state index contributed by atoms with van der Waals surface area (Å²) in [4.78, 5) is 36.6. The van der Waals surface area contributed by atoms with Gasteiger partial charge in [-0.25, -0.2) is 18.2 Å². The van der Waals surface area contributed by atoms with Crippen LogP contribution in [0.4, 0.5) is 24.7 Å². The van der Waals surface area contributed by atoms with Gasteiger partial charge in [-0.2, -0.15) is 0 Å². The second-order valence-electron chi connectivity index (χ2n) is 8.24. The van der Waals surface area contributed by atoms with E-state index in [0.717, 1.165) is 50.4 Å². The molecule has 0 bridgehead atoms. The number of piperazine rings is 1. The van der Waals surface area contributed by atoms with Gasteiger partial charge in [-0.05, 0) is 54.6 Å². The molecule has 0 spiro atoms. The lowest BCUT2D eigenvalue weighted by Crippen LogP contribution is -2.43. The number of fused-ring (bicyclic) bond motifs is 1. The molecule has 4 aromatic rings. The molecule has 0 aliphatic carbocycles. The molecule has 1 aliphatic heterocycles. The predicted octanol–water partition coefficient (Wildman–Crippen LogP) is 3.94. The quantitative estimate of drug-likeness (QED) is 0.412. The first-order chi connectivity index (χ1) is 17.4. The zero-order valence-electron chi connectivity index (χ0n) is 18.9. The highest BCUT2D eigenvalue weighted by atomic mass is 19.1. The molecule has 0 radical (unpaired) electrons. The van der Waals surface area contributed by atoms with E-state index in [2.05, 4.69) is 25.5 Å². The van der Waals surface area contributed by atoms with E-state index in [4.69, 9.17) is 0 Å². The number of hydrogen-bond acceptors (Lipinski definition) is 6. The van der Waals surface area contributed by atoms with Crippen molar-refractivity contribution in [2.75, 3.05) is 36.4 Å². The largest absolute Gasteiger partial charge is 0.353 e.